The van der Waals surface area contributed by atoms with E-state index >= 15 is 0 Å². The van der Waals surface area contributed by atoms with Crippen LogP contribution < -0.4 is 5.32 Å². The van der Waals surface area contributed by atoms with Crippen LogP contribution >= 0.6 is 24.8 Å². The minimum Gasteiger partial charge on any atom is -0.335 e. The summed E-state index contributed by atoms with van der Waals surface area (Å²) in [5.74, 6) is 0.300. The van der Waals surface area contributed by atoms with Crippen LogP contribution in [0.3, 0.4) is 0 Å². The Balaban J connectivity index is 0.00000104. The van der Waals surface area contributed by atoms with E-state index in [9.17, 15) is 4.79 Å². The largest absolute Gasteiger partial charge is 0.335 e. The molecule has 7 heteroatoms. The standard InChI is InChI=1S/C17H22N4O.2ClH/c22-17(21-13-5-6-14(21)11-18-9-7-13)8-10-20-12-19-15-3-1-2-4-16(15)20;;/h1-4,12-14,18H,5-11H2;2*1H. The summed E-state index contributed by atoms with van der Waals surface area (Å²) in [5.41, 5.74) is 2.10. The molecule has 1 aromatic carbocycles. The quantitative estimate of drug-likeness (QED) is 0.903. The summed E-state index contributed by atoms with van der Waals surface area (Å²) in [6, 6.07) is 8.93. The Morgan fingerprint density at radius 3 is 2.83 bits per heavy atom. The zero-order valence-corrected chi connectivity index (χ0v) is 15.2. The number of carbonyl (C=O) groups is 1. The van der Waals surface area contributed by atoms with Crippen LogP contribution in [0, 0.1) is 0 Å². The Kier molecular flexibility index (Phi) is 6.49. The second-order valence-corrected chi connectivity index (χ2v) is 6.36. The number of nitrogens with one attached hydrogen (secondary N) is 1. The number of para-hydroxylation sites is 2. The molecule has 0 aliphatic carbocycles. The van der Waals surface area contributed by atoms with Crippen LogP contribution in [0.15, 0.2) is 30.6 Å². The number of imidazole rings is 1. The number of aryl methyl sites for hydroxylation is 1. The number of rotatable bonds is 3. The molecular formula is C17H24Cl2N4O. The highest BCUT2D eigenvalue weighted by Crippen LogP contribution is 2.28. The van der Waals surface area contributed by atoms with E-state index in [1.807, 2.05) is 24.5 Å². The second-order valence-electron chi connectivity index (χ2n) is 6.36. The molecule has 2 bridgehead atoms. The van der Waals surface area contributed by atoms with Crippen LogP contribution in [0.4, 0.5) is 0 Å². The number of amides is 1. The van der Waals surface area contributed by atoms with E-state index < -0.39 is 0 Å². The van der Waals surface area contributed by atoms with Gasteiger partial charge in [0.2, 0.25) is 5.91 Å². The van der Waals surface area contributed by atoms with Crippen LogP contribution in [0.25, 0.3) is 11.0 Å². The van der Waals surface area contributed by atoms with E-state index in [-0.39, 0.29) is 24.8 Å². The molecule has 2 atom stereocenters. The van der Waals surface area contributed by atoms with Crippen LogP contribution in [0.5, 0.6) is 0 Å². The van der Waals surface area contributed by atoms with Crippen molar-refractivity contribution in [3.8, 4) is 0 Å². The third-order valence-corrected chi connectivity index (χ3v) is 5.04. The van der Waals surface area contributed by atoms with Crippen molar-refractivity contribution in [2.45, 2.75) is 44.3 Å². The van der Waals surface area contributed by atoms with Gasteiger partial charge in [0, 0.05) is 31.6 Å². The van der Waals surface area contributed by atoms with Gasteiger partial charge in [-0.15, -0.1) is 24.8 Å². The Morgan fingerprint density at radius 1 is 1.17 bits per heavy atom. The lowest BCUT2D eigenvalue weighted by Gasteiger charge is -2.28. The first-order chi connectivity index (χ1) is 10.8. The molecule has 1 N–H and O–H groups in total. The molecule has 1 amide bonds. The Bertz CT molecular complexity index is 676. The zero-order valence-electron chi connectivity index (χ0n) is 13.6. The third kappa shape index (κ3) is 3.53. The van der Waals surface area contributed by atoms with Gasteiger partial charge in [-0.3, -0.25) is 4.79 Å². The fourth-order valence-electron chi connectivity index (χ4n) is 3.92. The molecule has 1 aromatic heterocycles. The second kappa shape index (κ2) is 8.19. The van der Waals surface area contributed by atoms with Gasteiger partial charge >= 0.3 is 0 Å². The summed E-state index contributed by atoms with van der Waals surface area (Å²) in [6.45, 7) is 2.70. The number of hydrogen-bond acceptors (Lipinski definition) is 3. The topological polar surface area (TPSA) is 50.2 Å². The van der Waals surface area contributed by atoms with Crippen molar-refractivity contribution >= 4 is 41.8 Å². The molecule has 132 valence electrons. The van der Waals surface area contributed by atoms with E-state index in [0.717, 1.165) is 37.0 Å². The number of carbonyl (C=O) groups excluding carboxylic acids is 1. The predicted octanol–water partition coefficient (Wildman–Crippen LogP) is 2.62. The molecule has 24 heavy (non-hydrogen) atoms. The Labute approximate surface area is 154 Å². The number of nitrogens with zero attached hydrogens (tertiary/aromatic N) is 3. The summed E-state index contributed by atoms with van der Waals surface area (Å²) in [5, 5.41) is 3.45. The number of benzene rings is 1. The van der Waals surface area contributed by atoms with Gasteiger partial charge in [-0.1, -0.05) is 12.1 Å². The average molecular weight is 371 g/mol. The molecule has 4 rings (SSSR count). The smallest absolute Gasteiger partial charge is 0.224 e. The number of halogens is 2. The fourth-order valence-corrected chi connectivity index (χ4v) is 3.92. The normalized spacial score (nSPS) is 22.6. The molecule has 5 nitrogen and oxygen atoms in total. The van der Waals surface area contributed by atoms with Crippen LogP contribution in [0.2, 0.25) is 0 Å². The first kappa shape index (κ1) is 19.0. The SMILES string of the molecule is Cl.Cl.O=C(CCn1cnc2ccccc21)N1C2CCNCC1CC2. The molecular weight excluding hydrogens is 347 g/mol. The highest BCUT2D eigenvalue weighted by molar-refractivity contribution is 5.85. The lowest BCUT2D eigenvalue weighted by atomic mass is 10.1. The van der Waals surface area contributed by atoms with Crippen LogP contribution in [-0.2, 0) is 11.3 Å². The summed E-state index contributed by atoms with van der Waals surface area (Å²) >= 11 is 0. The van der Waals surface area contributed by atoms with Gasteiger partial charge in [0.1, 0.15) is 0 Å². The van der Waals surface area contributed by atoms with Crippen molar-refractivity contribution in [3.05, 3.63) is 30.6 Å². The minimum absolute atomic E-state index is 0. The number of hydrogen-bond donors (Lipinski definition) is 1. The van der Waals surface area contributed by atoms with Gasteiger partial charge in [0.15, 0.2) is 0 Å². The summed E-state index contributed by atoms with van der Waals surface area (Å²) in [4.78, 5) is 19.3. The van der Waals surface area contributed by atoms with Crippen LogP contribution in [0.1, 0.15) is 25.7 Å². The van der Waals surface area contributed by atoms with Gasteiger partial charge in [-0.2, -0.15) is 0 Å². The van der Waals surface area contributed by atoms with Crippen molar-refractivity contribution in [2.24, 2.45) is 0 Å². The van der Waals surface area contributed by atoms with Gasteiger partial charge in [-0.05, 0) is 37.9 Å². The first-order valence-corrected chi connectivity index (χ1v) is 8.24. The van der Waals surface area contributed by atoms with E-state index in [4.69, 9.17) is 0 Å². The maximum absolute atomic E-state index is 12.7. The summed E-state index contributed by atoms with van der Waals surface area (Å²) in [6.07, 6.45) is 5.82. The molecule has 2 aliphatic rings. The maximum Gasteiger partial charge on any atom is 0.224 e. The lowest BCUT2D eigenvalue weighted by molar-refractivity contribution is -0.134. The minimum atomic E-state index is 0. The molecule has 2 fully saturated rings. The molecule has 0 spiro atoms. The highest BCUT2D eigenvalue weighted by atomic mass is 35.5. The van der Waals surface area contributed by atoms with Crippen molar-refractivity contribution in [3.63, 3.8) is 0 Å². The summed E-state index contributed by atoms with van der Waals surface area (Å²) in [7, 11) is 0. The first-order valence-electron chi connectivity index (χ1n) is 8.24. The van der Waals surface area contributed by atoms with E-state index in [2.05, 4.69) is 25.8 Å². The average Bonchev–Trinajstić information content (AvgIpc) is 3.05. The Hall–Kier alpha value is -1.30. The molecule has 2 aromatic rings. The third-order valence-electron chi connectivity index (χ3n) is 5.04. The van der Waals surface area contributed by atoms with Gasteiger partial charge in [0.05, 0.1) is 17.4 Å². The fraction of sp³-hybridized carbons (Fsp3) is 0.529. The monoisotopic (exact) mass is 370 g/mol. The molecule has 3 heterocycles. The molecule has 0 saturated carbocycles. The van der Waals surface area contributed by atoms with Crippen molar-refractivity contribution < 1.29 is 4.79 Å². The van der Waals surface area contributed by atoms with Gasteiger partial charge < -0.3 is 14.8 Å². The number of aromatic nitrogens is 2. The van der Waals surface area contributed by atoms with Crippen molar-refractivity contribution in [1.82, 2.24) is 19.8 Å². The molecule has 0 radical (unpaired) electrons. The molecule has 2 unspecified atom stereocenters. The van der Waals surface area contributed by atoms with Crippen LogP contribution in [-0.4, -0.2) is 45.5 Å². The lowest BCUT2D eigenvalue weighted by Crippen LogP contribution is -2.42. The van der Waals surface area contributed by atoms with E-state index in [0.29, 0.717) is 31.0 Å². The van der Waals surface area contributed by atoms with E-state index in [1.54, 1.807) is 0 Å². The number of fused-ring (bicyclic) bond motifs is 3. The molecule has 2 saturated heterocycles. The zero-order chi connectivity index (χ0) is 14.9. The Morgan fingerprint density at radius 2 is 1.96 bits per heavy atom. The van der Waals surface area contributed by atoms with Crippen molar-refractivity contribution in [1.29, 1.82) is 0 Å². The predicted molar refractivity (Wildman–Crippen MR) is 100.0 cm³/mol. The highest BCUT2D eigenvalue weighted by Gasteiger charge is 2.37. The summed E-state index contributed by atoms with van der Waals surface area (Å²) < 4.78 is 2.09. The molecule has 2 aliphatic heterocycles. The maximum atomic E-state index is 12.7. The van der Waals surface area contributed by atoms with Crippen molar-refractivity contribution in [2.75, 3.05) is 13.1 Å². The van der Waals surface area contributed by atoms with Gasteiger partial charge in [0.25, 0.3) is 0 Å². The van der Waals surface area contributed by atoms with E-state index in [1.165, 1.54) is 6.42 Å². The van der Waals surface area contributed by atoms with Gasteiger partial charge in [-0.25, -0.2) is 4.98 Å².